The van der Waals surface area contributed by atoms with Crippen molar-refractivity contribution in [1.82, 2.24) is 20.1 Å². The van der Waals surface area contributed by atoms with Crippen molar-refractivity contribution in [2.45, 2.75) is 18.6 Å². The molecule has 2 aromatic carbocycles. The Labute approximate surface area is 220 Å². The van der Waals surface area contributed by atoms with Crippen LogP contribution < -0.4 is 15.4 Å². The van der Waals surface area contributed by atoms with E-state index in [0.717, 1.165) is 49.7 Å². The van der Waals surface area contributed by atoms with E-state index in [0.29, 0.717) is 16.8 Å². The molecule has 1 aliphatic heterocycles. The van der Waals surface area contributed by atoms with Crippen molar-refractivity contribution in [3.63, 3.8) is 0 Å². The van der Waals surface area contributed by atoms with E-state index in [-0.39, 0.29) is 17.5 Å². The predicted octanol–water partition coefficient (Wildman–Crippen LogP) is 4.03. The largest absolute Gasteiger partial charge is 0.369 e. The summed E-state index contributed by atoms with van der Waals surface area (Å²) in [5.74, 6) is -1.62. The van der Waals surface area contributed by atoms with Gasteiger partial charge in [0.15, 0.2) is 0 Å². The maximum absolute atomic E-state index is 15.9. The molecule has 0 spiro atoms. The number of aromatic nitrogens is 3. The van der Waals surface area contributed by atoms with Gasteiger partial charge < -0.3 is 10.2 Å². The first-order valence-corrected chi connectivity index (χ1v) is 13.9. The first-order chi connectivity index (χ1) is 18.3. The molecular weight excluding hydrogens is 510 g/mol. The smallest absolute Gasteiger partial charge is 0.216 e. The van der Waals surface area contributed by atoms with Crippen LogP contribution in [0.15, 0.2) is 67.1 Å². The van der Waals surface area contributed by atoms with E-state index in [1.54, 1.807) is 42.3 Å². The van der Waals surface area contributed by atoms with Gasteiger partial charge in [-0.05, 0) is 55.0 Å². The van der Waals surface area contributed by atoms with Crippen LogP contribution in [0.5, 0.6) is 0 Å². The SMILES string of the molecule is CCC(c1cc(F)cc(-c2cn(-c3ccc(N4CCNCC4)cc3)nc2-c2ccncc2)c1F)S(N)(=O)=O. The minimum atomic E-state index is -4.16. The summed E-state index contributed by atoms with van der Waals surface area (Å²) in [6, 6.07) is 13.2. The molecule has 3 N–H and O–H groups in total. The number of halogens is 2. The van der Waals surface area contributed by atoms with Crippen molar-refractivity contribution < 1.29 is 17.2 Å². The fourth-order valence-electron chi connectivity index (χ4n) is 4.84. The van der Waals surface area contributed by atoms with Gasteiger partial charge in [0.2, 0.25) is 10.0 Å². The van der Waals surface area contributed by atoms with E-state index < -0.39 is 26.9 Å². The lowest BCUT2D eigenvalue weighted by molar-refractivity contribution is 0.559. The third kappa shape index (κ3) is 5.17. The van der Waals surface area contributed by atoms with Crippen LogP contribution >= 0.6 is 0 Å². The molecule has 1 saturated heterocycles. The van der Waals surface area contributed by atoms with Crippen LogP contribution in [0.2, 0.25) is 0 Å². The molecule has 0 amide bonds. The van der Waals surface area contributed by atoms with Gasteiger partial charge in [-0.25, -0.2) is 27.0 Å². The van der Waals surface area contributed by atoms with E-state index in [2.05, 4.69) is 15.2 Å². The molecule has 0 aliphatic carbocycles. The number of nitrogens with zero attached hydrogens (tertiary/aromatic N) is 4. The zero-order chi connectivity index (χ0) is 26.9. The summed E-state index contributed by atoms with van der Waals surface area (Å²) < 4.78 is 56.6. The number of hydrogen-bond acceptors (Lipinski definition) is 6. The van der Waals surface area contributed by atoms with Crippen molar-refractivity contribution in [3.8, 4) is 28.1 Å². The molecule has 38 heavy (non-hydrogen) atoms. The third-order valence-electron chi connectivity index (χ3n) is 6.73. The first kappa shape index (κ1) is 26.0. The average Bonchev–Trinajstić information content (AvgIpc) is 3.36. The summed E-state index contributed by atoms with van der Waals surface area (Å²) in [7, 11) is -4.16. The van der Waals surface area contributed by atoms with Crippen molar-refractivity contribution in [2.24, 2.45) is 5.14 Å². The van der Waals surface area contributed by atoms with E-state index >= 15 is 4.39 Å². The Morgan fingerprint density at radius 2 is 1.66 bits per heavy atom. The minimum Gasteiger partial charge on any atom is -0.369 e. The quantitative estimate of drug-likeness (QED) is 0.368. The number of pyridine rings is 1. The number of benzene rings is 2. The van der Waals surface area contributed by atoms with Crippen molar-refractivity contribution in [1.29, 1.82) is 0 Å². The van der Waals surface area contributed by atoms with E-state index in [1.807, 2.05) is 24.3 Å². The topological polar surface area (TPSA) is 106 Å². The van der Waals surface area contributed by atoms with Gasteiger partial charge in [0.25, 0.3) is 0 Å². The van der Waals surface area contributed by atoms with Gasteiger partial charge in [-0.15, -0.1) is 0 Å². The van der Waals surface area contributed by atoms with Gasteiger partial charge in [0.1, 0.15) is 22.6 Å². The molecule has 1 fully saturated rings. The number of rotatable bonds is 7. The number of anilines is 1. The number of hydrogen-bond donors (Lipinski definition) is 2. The van der Waals surface area contributed by atoms with E-state index in [1.165, 1.54) is 0 Å². The summed E-state index contributed by atoms with van der Waals surface area (Å²) in [6.45, 7) is 5.23. The van der Waals surface area contributed by atoms with Gasteiger partial charge in [-0.3, -0.25) is 4.98 Å². The summed E-state index contributed by atoms with van der Waals surface area (Å²) in [4.78, 5) is 6.33. The van der Waals surface area contributed by atoms with Crippen molar-refractivity contribution in [3.05, 3.63) is 84.3 Å². The highest BCUT2D eigenvalue weighted by Crippen LogP contribution is 2.38. The fourth-order valence-corrected chi connectivity index (χ4v) is 5.83. The molecular formula is C27H28F2N6O2S. The second-order valence-electron chi connectivity index (χ2n) is 9.17. The van der Waals surface area contributed by atoms with Crippen LogP contribution in [0, 0.1) is 11.6 Å². The molecule has 1 aliphatic rings. The summed E-state index contributed by atoms with van der Waals surface area (Å²) in [5.41, 5.74) is 2.78. The van der Waals surface area contributed by atoms with Gasteiger partial charge in [0.05, 0.1) is 5.69 Å². The zero-order valence-corrected chi connectivity index (χ0v) is 21.6. The van der Waals surface area contributed by atoms with Gasteiger partial charge in [-0.2, -0.15) is 5.10 Å². The van der Waals surface area contributed by atoms with Crippen LogP contribution in [0.25, 0.3) is 28.1 Å². The van der Waals surface area contributed by atoms with Crippen LogP contribution in [0.1, 0.15) is 24.2 Å². The Morgan fingerprint density at radius 1 is 1.00 bits per heavy atom. The van der Waals surface area contributed by atoms with Gasteiger partial charge in [-0.1, -0.05) is 6.92 Å². The second kappa shape index (κ2) is 10.6. The van der Waals surface area contributed by atoms with E-state index in [9.17, 15) is 12.8 Å². The number of nitrogens with two attached hydrogens (primary N) is 1. The highest BCUT2D eigenvalue weighted by molar-refractivity contribution is 7.89. The molecule has 0 radical (unpaired) electrons. The maximum Gasteiger partial charge on any atom is 0.216 e. The molecule has 3 heterocycles. The Balaban J connectivity index is 1.63. The lowest BCUT2D eigenvalue weighted by atomic mass is 9.97. The molecule has 0 saturated carbocycles. The molecule has 11 heteroatoms. The van der Waals surface area contributed by atoms with Crippen LogP contribution in [0.4, 0.5) is 14.5 Å². The predicted molar refractivity (Wildman–Crippen MR) is 143 cm³/mol. The third-order valence-corrected chi connectivity index (χ3v) is 8.11. The minimum absolute atomic E-state index is 0.00541. The molecule has 0 bridgehead atoms. The molecule has 5 rings (SSSR count). The molecule has 4 aromatic rings. The van der Waals surface area contributed by atoms with Crippen LogP contribution in [-0.4, -0.2) is 49.4 Å². The Hall–Kier alpha value is -3.67. The number of primary sulfonamides is 1. The van der Waals surface area contributed by atoms with Crippen LogP contribution in [0.3, 0.4) is 0 Å². The lowest BCUT2D eigenvalue weighted by Gasteiger charge is -2.29. The van der Waals surface area contributed by atoms with Crippen LogP contribution in [-0.2, 0) is 10.0 Å². The molecule has 2 aromatic heterocycles. The van der Waals surface area contributed by atoms with Gasteiger partial charge in [0, 0.05) is 72.7 Å². The average molecular weight is 539 g/mol. The maximum atomic E-state index is 15.9. The standard InChI is InChI=1S/C27H28F2N6O2S/c1-2-25(38(30,36)37)23-16-19(28)15-22(26(23)29)24-17-35(33-27(24)18-7-9-31-10-8-18)21-5-3-20(4-6-21)34-13-11-32-12-14-34/h3-10,15-17,25,32H,2,11-14H2,1H3,(H2,30,36,37). The Morgan fingerprint density at radius 3 is 2.29 bits per heavy atom. The molecule has 1 atom stereocenters. The second-order valence-corrected chi connectivity index (χ2v) is 10.9. The normalized spacial score (nSPS) is 15.0. The highest BCUT2D eigenvalue weighted by Gasteiger charge is 2.29. The summed E-state index contributed by atoms with van der Waals surface area (Å²) in [6.07, 6.45) is 4.79. The summed E-state index contributed by atoms with van der Waals surface area (Å²) in [5, 5.41) is 12.0. The molecule has 198 valence electrons. The first-order valence-electron chi connectivity index (χ1n) is 12.3. The number of sulfonamides is 1. The number of piperazine rings is 1. The van der Waals surface area contributed by atoms with E-state index in [4.69, 9.17) is 10.2 Å². The van der Waals surface area contributed by atoms with Gasteiger partial charge >= 0.3 is 0 Å². The molecule has 8 nitrogen and oxygen atoms in total. The Bertz CT molecular complexity index is 1540. The lowest BCUT2D eigenvalue weighted by Crippen LogP contribution is -2.43. The highest BCUT2D eigenvalue weighted by atomic mass is 32.2. The Kier molecular flexibility index (Phi) is 7.24. The zero-order valence-electron chi connectivity index (χ0n) is 20.8. The monoisotopic (exact) mass is 538 g/mol. The van der Waals surface area contributed by atoms with Crippen molar-refractivity contribution in [2.75, 3.05) is 31.1 Å². The fraction of sp³-hybridized carbons (Fsp3) is 0.259. The van der Waals surface area contributed by atoms with Crippen molar-refractivity contribution >= 4 is 15.7 Å². The molecule has 1 unspecified atom stereocenters. The number of nitrogens with one attached hydrogen (secondary N) is 1. The summed E-state index contributed by atoms with van der Waals surface area (Å²) >= 11 is 0.